The van der Waals surface area contributed by atoms with E-state index in [9.17, 15) is 18.0 Å². The molecule has 0 radical (unpaired) electrons. The van der Waals surface area contributed by atoms with Gasteiger partial charge in [-0.2, -0.15) is 4.31 Å². The minimum Gasteiger partial charge on any atom is -0.347 e. The van der Waals surface area contributed by atoms with Crippen molar-refractivity contribution in [2.24, 2.45) is 11.8 Å². The first-order valence-corrected chi connectivity index (χ1v) is 10.8. The van der Waals surface area contributed by atoms with Crippen molar-refractivity contribution in [3.8, 4) is 0 Å². The molecule has 2 aliphatic rings. The molecule has 1 heterocycles. The van der Waals surface area contributed by atoms with Gasteiger partial charge in [0.25, 0.3) is 0 Å². The maximum atomic E-state index is 12.7. The van der Waals surface area contributed by atoms with Gasteiger partial charge in [-0.1, -0.05) is 28.9 Å². The smallest absolute Gasteiger partial charge is 0.243 e. The number of nitrogens with zero attached hydrogens (tertiary/aromatic N) is 2. The van der Waals surface area contributed by atoms with E-state index in [-0.39, 0.29) is 42.3 Å². The van der Waals surface area contributed by atoms with Crippen LogP contribution in [0.5, 0.6) is 0 Å². The Labute approximate surface area is 161 Å². The molecule has 0 bridgehead atoms. The SMILES string of the molecule is C[C@@H]1C[C@H]1C(=O)NCC(=O)N1CCN(S(=O)(=O)c2cccc(Br)c2)CC1. The lowest BCUT2D eigenvalue weighted by Gasteiger charge is -2.34. The summed E-state index contributed by atoms with van der Waals surface area (Å²) < 4.78 is 27.5. The maximum Gasteiger partial charge on any atom is 0.243 e. The van der Waals surface area contributed by atoms with Crippen LogP contribution in [0.4, 0.5) is 0 Å². The number of amides is 2. The van der Waals surface area contributed by atoms with Gasteiger partial charge in [0.1, 0.15) is 0 Å². The average Bonchev–Trinajstić information content (AvgIpc) is 3.36. The Balaban J connectivity index is 1.52. The molecule has 0 unspecified atom stereocenters. The standard InChI is InChI=1S/C17H22BrN3O4S/c1-12-9-15(12)17(23)19-11-16(22)20-5-7-21(8-6-20)26(24,25)14-4-2-3-13(18)10-14/h2-4,10,12,15H,5-9,11H2,1H3,(H,19,23)/t12-,15-/m1/s1. The molecule has 1 saturated carbocycles. The number of hydrogen-bond donors (Lipinski definition) is 1. The Kier molecular flexibility index (Phi) is 5.69. The molecule has 3 rings (SSSR count). The van der Waals surface area contributed by atoms with Crippen LogP contribution in [-0.2, 0) is 19.6 Å². The molecule has 2 fully saturated rings. The molecule has 142 valence electrons. The Morgan fingerprint density at radius 2 is 1.88 bits per heavy atom. The monoisotopic (exact) mass is 443 g/mol. The summed E-state index contributed by atoms with van der Waals surface area (Å²) in [6, 6.07) is 6.58. The van der Waals surface area contributed by atoms with Crippen molar-refractivity contribution in [3.05, 3.63) is 28.7 Å². The lowest BCUT2D eigenvalue weighted by Crippen LogP contribution is -2.52. The van der Waals surface area contributed by atoms with Crippen LogP contribution >= 0.6 is 15.9 Å². The summed E-state index contributed by atoms with van der Waals surface area (Å²) in [4.78, 5) is 25.9. The Bertz CT molecular complexity index is 806. The number of nitrogens with one attached hydrogen (secondary N) is 1. The second-order valence-corrected chi connectivity index (χ2v) is 9.63. The fourth-order valence-corrected chi connectivity index (χ4v) is 5.07. The van der Waals surface area contributed by atoms with Crippen LogP contribution in [0, 0.1) is 11.8 Å². The lowest BCUT2D eigenvalue weighted by atomic mass is 10.3. The Morgan fingerprint density at radius 1 is 1.23 bits per heavy atom. The van der Waals surface area contributed by atoms with E-state index < -0.39 is 10.0 Å². The van der Waals surface area contributed by atoms with Crippen LogP contribution in [0.3, 0.4) is 0 Å². The van der Waals surface area contributed by atoms with Gasteiger partial charge >= 0.3 is 0 Å². The minimum atomic E-state index is -3.57. The van der Waals surface area contributed by atoms with E-state index in [1.54, 1.807) is 29.2 Å². The highest BCUT2D eigenvalue weighted by molar-refractivity contribution is 9.10. The highest BCUT2D eigenvalue weighted by atomic mass is 79.9. The van der Waals surface area contributed by atoms with Crippen LogP contribution < -0.4 is 5.32 Å². The number of benzene rings is 1. The van der Waals surface area contributed by atoms with Gasteiger partial charge in [0.2, 0.25) is 21.8 Å². The third-order valence-corrected chi connectivity index (χ3v) is 7.27. The fraction of sp³-hybridized carbons (Fsp3) is 0.529. The molecule has 0 aromatic heterocycles. The molecule has 1 aromatic rings. The zero-order valence-electron chi connectivity index (χ0n) is 14.5. The van der Waals surface area contributed by atoms with Crippen LogP contribution in [-0.4, -0.2) is 62.2 Å². The third kappa shape index (κ3) is 4.27. The quantitative estimate of drug-likeness (QED) is 0.736. The highest BCUT2D eigenvalue weighted by Gasteiger charge is 2.39. The van der Waals surface area contributed by atoms with E-state index >= 15 is 0 Å². The summed E-state index contributed by atoms with van der Waals surface area (Å²) in [6.07, 6.45) is 0.881. The number of halogens is 1. The second kappa shape index (κ2) is 7.66. The Morgan fingerprint density at radius 3 is 2.46 bits per heavy atom. The summed E-state index contributed by atoms with van der Waals surface area (Å²) in [5, 5.41) is 2.68. The van der Waals surface area contributed by atoms with Crippen LogP contribution in [0.2, 0.25) is 0 Å². The minimum absolute atomic E-state index is 0.0273. The largest absolute Gasteiger partial charge is 0.347 e. The first kappa shape index (κ1) is 19.3. The Hall–Kier alpha value is -1.45. The van der Waals surface area contributed by atoms with E-state index in [1.165, 1.54) is 4.31 Å². The molecule has 1 aliphatic carbocycles. The predicted octanol–water partition coefficient (Wildman–Crippen LogP) is 1.05. The van der Waals surface area contributed by atoms with Gasteiger partial charge in [0.05, 0.1) is 11.4 Å². The first-order valence-electron chi connectivity index (χ1n) is 8.60. The molecule has 1 aliphatic heterocycles. The number of hydrogen-bond acceptors (Lipinski definition) is 4. The number of piperazine rings is 1. The van der Waals surface area contributed by atoms with E-state index in [0.717, 1.165) is 6.42 Å². The van der Waals surface area contributed by atoms with Gasteiger partial charge in [-0.3, -0.25) is 9.59 Å². The van der Waals surface area contributed by atoms with E-state index in [4.69, 9.17) is 0 Å². The number of sulfonamides is 1. The fourth-order valence-electron chi connectivity index (χ4n) is 3.05. The molecule has 7 nitrogen and oxygen atoms in total. The van der Waals surface area contributed by atoms with Gasteiger partial charge < -0.3 is 10.2 Å². The van der Waals surface area contributed by atoms with Gasteiger partial charge in [0.15, 0.2) is 0 Å². The molecule has 1 saturated heterocycles. The molecule has 9 heteroatoms. The molecule has 2 amide bonds. The molecular weight excluding hydrogens is 422 g/mol. The average molecular weight is 444 g/mol. The highest BCUT2D eigenvalue weighted by Crippen LogP contribution is 2.37. The zero-order valence-corrected chi connectivity index (χ0v) is 16.9. The number of rotatable bonds is 5. The van der Waals surface area contributed by atoms with Crippen LogP contribution in [0.15, 0.2) is 33.6 Å². The summed E-state index contributed by atoms with van der Waals surface area (Å²) in [6.45, 7) is 3.11. The number of carbonyl (C=O) groups excluding carboxylic acids is 2. The molecular formula is C17H22BrN3O4S. The summed E-state index contributed by atoms with van der Waals surface area (Å²) >= 11 is 3.28. The molecule has 1 aromatic carbocycles. The van der Waals surface area contributed by atoms with Crippen molar-refractivity contribution in [1.29, 1.82) is 0 Å². The van der Waals surface area contributed by atoms with Crippen LogP contribution in [0.25, 0.3) is 0 Å². The van der Waals surface area contributed by atoms with Gasteiger partial charge in [-0.05, 0) is 30.5 Å². The summed E-state index contributed by atoms with van der Waals surface area (Å²) in [5.41, 5.74) is 0. The van der Waals surface area contributed by atoms with Crippen molar-refractivity contribution >= 4 is 37.8 Å². The maximum absolute atomic E-state index is 12.7. The topological polar surface area (TPSA) is 86.8 Å². The predicted molar refractivity (Wildman–Crippen MR) is 99.8 cm³/mol. The molecule has 26 heavy (non-hydrogen) atoms. The van der Waals surface area contributed by atoms with Gasteiger partial charge in [-0.25, -0.2) is 8.42 Å². The van der Waals surface area contributed by atoms with E-state index in [0.29, 0.717) is 23.5 Å². The molecule has 0 spiro atoms. The molecule has 2 atom stereocenters. The normalized spacial score (nSPS) is 23.5. The molecule has 1 N–H and O–H groups in total. The van der Waals surface area contributed by atoms with Crippen molar-refractivity contribution in [2.45, 2.75) is 18.2 Å². The number of carbonyl (C=O) groups is 2. The van der Waals surface area contributed by atoms with Crippen molar-refractivity contribution in [2.75, 3.05) is 32.7 Å². The van der Waals surface area contributed by atoms with Gasteiger partial charge in [0, 0.05) is 36.6 Å². The van der Waals surface area contributed by atoms with E-state index in [2.05, 4.69) is 21.2 Å². The lowest BCUT2D eigenvalue weighted by molar-refractivity contribution is -0.134. The summed E-state index contributed by atoms with van der Waals surface area (Å²) in [7, 11) is -3.57. The van der Waals surface area contributed by atoms with Crippen molar-refractivity contribution < 1.29 is 18.0 Å². The van der Waals surface area contributed by atoms with Crippen molar-refractivity contribution in [1.82, 2.24) is 14.5 Å². The first-order chi connectivity index (χ1) is 12.3. The van der Waals surface area contributed by atoms with Gasteiger partial charge in [-0.15, -0.1) is 0 Å². The zero-order chi connectivity index (χ0) is 18.9. The van der Waals surface area contributed by atoms with Crippen molar-refractivity contribution in [3.63, 3.8) is 0 Å². The third-order valence-electron chi connectivity index (χ3n) is 4.89. The van der Waals surface area contributed by atoms with E-state index in [1.807, 2.05) is 6.92 Å². The van der Waals surface area contributed by atoms with Crippen LogP contribution in [0.1, 0.15) is 13.3 Å². The summed E-state index contributed by atoms with van der Waals surface area (Å²) in [5.74, 6) is 0.194. The second-order valence-electron chi connectivity index (χ2n) is 6.78.